The molecule has 0 aromatic heterocycles. The molecule has 0 fully saturated rings. The highest BCUT2D eigenvalue weighted by Crippen LogP contribution is 2.30. The van der Waals surface area contributed by atoms with Crippen LogP contribution in [0.1, 0.15) is 27.6 Å². The van der Waals surface area contributed by atoms with Crippen molar-refractivity contribution in [3.05, 3.63) is 82.9 Å². The molecule has 0 saturated carbocycles. The van der Waals surface area contributed by atoms with Crippen molar-refractivity contribution in [1.82, 2.24) is 0 Å². The van der Waals surface area contributed by atoms with Crippen LogP contribution < -0.4 is 15.4 Å². The number of methoxy groups -OCH3 is 1. The number of rotatable bonds is 8. The van der Waals surface area contributed by atoms with Crippen LogP contribution in [0.15, 0.2) is 71.6 Å². The van der Waals surface area contributed by atoms with Gasteiger partial charge in [0.1, 0.15) is 5.75 Å². The second-order valence-electron chi connectivity index (χ2n) is 6.93. The van der Waals surface area contributed by atoms with E-state index in [-0.39, 0.29) is 17.0 Å². The maximum Gasteiger partial charge on any atom is 0.336 e. The van der Waals surface area contributed by atoms with Crippen LogP contribution in [0.25, 0.3) is 0 Å². The Morgan fingerprint density at radius 2 is 1.70 bits per heavy atom. The van der Waals surface area contributed by atoms with Crippen LogP contribution in [0.5, 0.6) is 5.75 Å². The summed E-state index contributed by atoms with van der Waals surface area (Å²) in [5.74, 6) is -1.46. The Hall–Kier alpha value is -3.49. The number of carbonyl (C=O) groups is 3. The van der Waals surface area contributed by atoms with Crippen molar-refractivity contribution in [2.45, 2.75) is 17.1 Å². The lowest BCUT2D eigenvalue weighted by molar-refractivity contribution is -0.115. The average molecular weight is 485 g/mol. The minimum Gasteiger partial charge on any atom is -0.495 e. The molecule has 33 heavy (non-hydrogen) atoms. The van der Waals surface area contributed by atoms with Gasteiger partial charge >= 0.3 is 5.97 Å². The second-order valence-corrected chi connectivity index (χ2v) is 8.78. The number of anilines is 2. The largest absolute Gasteiger partial charge is 0.495 e. The number of amides is 2. The molecule has 0 aliphatic heterocycles. The zero-order valence-electron chi connectivity index (χ0n) is 17.8. The fraction of sp³-hybridized carbons (Fsp3) is 0.125. The van der Waals surface area contributed by atoms with E-state index in [2.05, 4.69) is 10.6 Å². The second kappa shape index (κ2) is 10.9. The molecule has 0 bridgehead atoms. The van der Waals surface area contributed by atoms with Crippen LogP contribution in [0.4, 0.5) is 11.4 Å². The Morgan fingerprint density at radius 3 is 2.39 bits per heavy atom. The molecule has 0 aliphatic carbocycles. The molecule has 9 heteroatoms. The van der Waals surface area contributed by atoms with Crippen molar-refractivity contribution in [1.29, 1.82) is 0 Å². The number of hydrogen-bond donors (Lipinski definition) is 3. The summed E-state index contributed by atoms with van der Waals surface area (Å²) in [4.78, 5) is 37.4. The molecule has 3 N–H and O–H groups in total. The number of carbonyl (C=O) groups excluding carboxylic acids is 2. The van der Waals surface area contributed by atoms with Gasteiger partial charge < -0.3 is 20.5 Å². The standard InChI is InChI=1S/C24H21ClN2O5S/c1-14(22(28)27-20-12-15(25)10-11-21(20)32-2)33-17-7-5-6-16(13-17)26-23(29)18-8-3-4-9-19(18)24(30)31/h3-14H,1-2H3,(H,26,29)(H,27,28)(H,30,31). The third-order valence-electron chi connectivity index (χ3n) is 4.60. The number of nitrogens with one attached hydrogen (secondary N) is 2. The minimum absolute atomic E-state index is 0.0614. The van der Waals surface area contributed by atoms with Gasteiger partial charge in [0.15, 0.2) is 0 Å². The minimum atomic E-state index is -1.18. The molecule has 0 heterocycles. The number of carboxylic acid groups (broad SMARTS) is 1. The summed E-state index contributed by atoms with van der Waals surface area (Å²) in [6.45, 7) is 1.76. The molecule has 7 nitrogen and oxygen atoms in total. The van der Waals surface area contributed by atoms with E-state index in [4.69, 9.17) is 16.3 Å². The van der Waals surface area contributed by atoms with E-state index >= 15 is 0 Å². The summed E-state index contributed by atoms with van der Waals surface area (Å²) >= 11 is 7.32. The van der Waals surface area contributed by atoms with Gasteiger partial charge in [-0.15, -0.1) is 11.8 Å². The van der Waals surface area contributed by atoms with E-state index < -0.39 is 17.1 Å². The molecule has 2 amide bonds. The fourth-order valence-electron chi connectivity index (χ4n) is 2.98. The highest BCUT2D eigenvalue weighted by molar-refractivity contribution is 8.00. The van der Waals surface area contributed by atoms with Crippen LogP contribution in [0.3, 0.4) is 0 Å². The summed E-state index contributed by atoms with van der Waals surface area (Å²) in [7, 11) is 1.51. The van der Waals surface area contributed by atoms with Gasteiger partial charge in [0.25, 0.3) is 5.91 Å². The summed E-state index contributed by atoms with van der Waals surface area (Å²) in [6, 6.07) is 17.9. The SMILES string of the molecule is COc1ccc(Cl)cc1NC(=O)C(C)Sc1cccc(NC(=O)c2ccccc2C(=O)O)c1. The average Bonchev–Trinajstić information content (AvgIpc) is 2.79. The Labute approximate surface area is 200 Å². The smallest absolute Gasteiger partial charge is 0.336 e. The van der Waals surface area contributed by atoms with Crippen molar-refractivity contribution < 1.29 is 24.2 Å². The predicted octanol–water partition coefficient (Wildman–Crippen LogP) is 5.42. The molecule has 0 aliphatic rings. The Morgan fingerprint density at radius 1 is 0.970 bits per heavy atom. The monoisotopic (exact) mass is 484 g/mol. The summed E-state index contributed by atoms with van der Waals surface area (Å²) in [5, 5.41) is 14.8. The summed E-state index contributed by atoms with van der Waals surface area (Å²) < 4.78 is 5.25. The summed E-state index contributed by atoms with van der Waals surface area (Å²) in [6.07, 6.45) is 0. The van der Waals surface area contributed by atoms with Gasteiger partial charge in [0, 0.05) is 15.6 Å². The van der Waals surface area contributed by atoms with Crippen molar-refractivity contribution in [3.63, 3.8) is 0 Å². The van der Waals surface area contributed by atoms with E-state index in [0.29, 0.717) is 22.1 Å². The first kappa shape index (κ1) is 24.2. The number of ether oxygens (including phenoxy) is 1. The van der Waals surface area contributed by atoms with E-state index in [1.54, 1.807) is 55.5 Å². The molecule has 3 aromatic rings. The van der Waals surface area contributed by atoms with E-state index in [1.165, 1.54) is 31.0 Å². The van der Waals surface area contributed by atoms with Gasteiger partial charge in [-0.05, 0) is 55.5 Å². The first-order valence-electron chi connectivity index (χ1n) is 9.83. The van der Waals surface area contributed by atoms with Crippen molar-refractivity contribution in [3.8, 4) is 5.75 Å². The molecule has 0 radical (unpaired) electrons. The van der Waals surface area contributed by atoms with Gasteiger partial charge in [-0.2, -0.15) is 0 Å². The fourth-order valence-corrected chi connectivity index (χ4v) is 4.08. The molecule has 3 aromatic carbocycles. The Bertz CT molecular complexity index is 1200. The number of thioether (sulfide) groups is 1. The molecule has 1 unspecified atom stereocenters. The normalized spacial score (nSPS) is 11.4. The number of halogens is 1. The first-order chi connectivity index (χ1) is 15.8. The highest BCUT2D eigenvalue weighted by Gasteiger charge is 2.18. The van der Waals surface area contributed by atoms with Crippen LogP contribution in [0, 0.1) is 0 Å². The van der Waals surface area contributed by atoms with Gasteiger partial charge in [-0.1, -0.05) is 29.8 Å². The lowest BCUT2D eigenvalue weighted by atomic mass is 10.1. The number of carboxylic acids is 1. The third kappa shape index (κ3) is 6.27. The molecule has 170 valence electrons. The number of benzene rings is 3. The summed E-state index contributed by atoms with van der Waals surface area (Å²) in [5.41, 5.74) is 0.934. The van der Waals surface area contributed by atoms with Crippen LogP contribution in [-0.2, 0) is 4.79 Å². The van der Waals surface area contributed by atoms with Gasteiger partial charge in [-0.3, -0.25) is 9.59 Å². The van der Waals surface area contributed by atoms with E-state index in [0.717, 1.165) is 4.90 Å². The van der Waals surface area contributed by atoms with Crippen molar-refractivity contribution >= 4 is 52.5 Å². The topological polar surface area (TPSA) is 105 Å². The van der Waals surface area contributed by atoms with E-state index in [1.807, 2.05) is 6.07 Å². The maximum atomic E-state index is 12.7. The van der Waals surface area contributed by atoms with Crippen LogP contribution in [0.2, 0.25) is 5.02 Å². The lowest BCUT2D eigenvalue weighted by Crippen LogP contribution is -2.22. The van der Waals surface area contributed by atoms with Gasteiger partial charge in [-0.25, -0.2) is 4.79 Å². The van der Waals surface area contributed by atoms with Crippen LogP contribution in [-0.4, -0.2) is 35.2 Å². The first-order valence-corrected chi connectivity index (χ1v) is 11.1. The van der Waals surface area contributed by atoms with Gasteiger partial charge in [0.2, 0.25) is 5.91 Å². The van der Waals surface area contributed by atoms with Crippen molar-refractivity contribution in [2.75, 3.05) is 17.7 Å². The third-order valence-corrected chi connectivity index (χ3v) is 5.92. The molecular formula is C24H21ClN2O5S. The lowest BCUT2D eigenvalue weighted by Gasteiger charge is -2.15. The quantitative estimate of drug-likeness (QED) is 0.369. The molecule has 1 atom stereocenters. The van der Waals surface area contributed by atoms with Crippen LogP contribution >= 0.6 is 23.4 Å². The molecule has 0 spiro atoms. The Balaban J connectivity index is 1.69. The number of hydrogen-bond acceptors (Lipinski definition) is 5. The molecular weight excluding hydrogens is 464 g/mol. The number of aromatic carboxylic acids is 1. The Kier molecular flexibility index (Phi) is 7.97. The van der Waals surface area contributed by atoms with Crippen molar-refractivity contribution in [2.24, 2.45) is 0 Å². The predicted molar refractivity (Wildman–Crippen MR) is 130 cm³/mol. The zero-order chi connectivity index (χ0) is 24.0. The maximum absolute atomic E-state index is 12.7. The van der Waals surface area contributed by atoms with E-state index in [9.17, 15) is 19.5 Å². The van der Waals surface area contributed by atoms with Gasteiger partial charge in [0.05, 0.1) is 29.2 Å². The highest BCUT2D eigenvalue weighted by atomic mass is 35.5. The molecule has 0 saturated heterocycles. The zero-order valence-corrected chi connectivity index (χ0v) is 19.4. The molecule has 3 rings (SSSR count).